The Kier molecular flexibility index (Phi) is 6.40. The van der Waals surface area contributed by atoms with Crippen LogP contribution in [0.4, 0.5) is 4.39 Å². The van der Waals surface area contributed by atoms with Crippen LogP contribution in [0.25, 0.3) is 0 Å². The molecule has 0 spiro atoms. The lowest BCUT2D eigenvalue weighted by Crippen LogP contribution is -2.22. The molecule has 2 aromatic rings. The van der Waals surface area contributed by atoms with E-state index in [1.54, 1.807) is 0 Å². The molecule has 0 radical (unpaired) electrons. The molecule has 0 saturated carbocycles. The van der Waals surface area contributed by atoms with Gasteiger partial charge in [-0.1, -0.05) is 41.1 Å². The molecule has 0 aliphatic carbocycles. The summed E-state index contributed by atoms with van der Waals surface area (Å²) in [5, 5.41) is 3.41. The standard InChI is InChI=1S/C17H18Br2FN/c1-2-21-11-14(13-4-6-15(18)7-5-13)9-12-3-8-17(20)16(19)10-12/h3-8,10,14,21H,2,9,11H2,1H3. The number of rotatable bonds is 6. The largest absolute Gasteiger partial charge is 0.316 e. The van der Waals surface area contributed by atoms with E-state index in [1.807, 2.05) is 12.1 Å². The second-order valence-electron chi connectivity index (χ2n) is 5.01. The highest BCUT2D eigenvalue weighted by Crippen LogP contribution is 2.25. The molecule has 4 heteroatoms. The van der Waals surface area contributed by atoms with Gasteiger partial charge in [0.15, 0.2) is 0 Å². The molecular formula is C17H18Br2FN. The van der Waals surface area contributed by atoms with E-state index in [9.17, 15) is 4.39 Å². The third-order valence-electron chi connectivity index (χ3n) is 3.45. The molecular weight excluding hydrogens is 397 g/mol. The minimum absolute atomic E-state index is 0.217. The van der Waals surface area contributed by atoms with Crippen molar-refractivity contribution in [2.75, 3.05) is 13.1 Å². The lowest BCUT2D eigenvalue weighted by atomic mass is 9.92. The van der Waals surface area contributed by atoms with Gasteiger partial charge in [0, 0.05) is 16.9 Å². The number of hydrogen-bond acceptors (Lipinski definition) is 1. The van der Waals surface area contributed by atoms with Crippen LogP contribution in [-0.2, 0) is 6.42 Å². The molecule has 1 unspecified atom stereocenters. The molecule has 2 rings (SSSR count). The molecule has 0 heterocycles. The van der Waals surface area contributed by atoms with Gasteiger partial charge in [-0.2, -0.15) is 0 Å². The molecule has 21 heavy (non-hydrogen) atoms. The predicted molar refractivity (Wildman–Crippen MR) is 93.2 cm³/mol. The average Bonchev–Trinajstić information content (AvgIpc) is 2.48. The maximum atomic E-state index is 13.3. The molecule has 2 aromatic carbocycles. The summed E-state index contributed by atoms with van der Waals surface area (Å²) >= 11 is 6.73. The number of halogens is 3. The van der Waals surface area contributed by atoms with Gasteiger partial charge in [-0.15, -0.1) is 0 Å². The molecule has 1 N–H and O–H groups in total. The van der Waals surface area contributed by atoms with Crippen molar-refractivity contribution in [1.82, 2.24) is 5.32 Å². The Morgan fingerprint density at radius 2 is 1.81 bits per heavy atom. The van der Waals surface area contributed by atoms with E-state index < -0.39 is 0 Å². The summed E-state index contributed by atoms with van der Waals surface area (Å²) in [6, 6.07) is 13.7. The Labute approximate surface area is 142 Å². The van der Waals surface area contributed by atoms with Crippen LogP contribution in [0.15, 0.2) is 51.4 Å². The van der Waals surface area contributed by atoms with Crippen LogP contribution < -0.4 is 5.32 Å². The molecule has 0 aliphatic heterocycles. The van der Waals surface area contributed by atoms with Gasteiger partial charge in [-0.3, -0.25) is 0 Å². The van der Waals surface area contributed by atoms with E-state index in [1.165, 1.54) is 11.6 Å². The quantitative estimate of drug-likeness (QED) is 0.677. The maximum Gasteiger partial charge on any atom is 0.137 e. The normalized spacial score (nSPS) is 12.4. The molecule has 0 fully saturated rings. The zero-order chi connectivity index (χ0) is 15.2. The fraction of sp³-hybridized carbons (Fsp3) is 0.294. The highest BCUT2D eigenvalue weighted by atomic mass is 79.9. The molecule has 112 valence electrons. The summed E-state index contributed by atoms with van der Waals surface area (Å²) < 4.78 is 14.9. The zero-order valence-electron chi connectivity index (χ0n) is 11.9. The molecule has 0 saturated heterocycles. The van der Waals surface area contributed by atoms with E-state index in [4.69, 9.17) is 0 Å². The van der Waals surface area contributed by atoms with Crippen molar-refractivity contribution in [1.29, 1.82) is 0 Å². The summed E-state index contributed by atoms with van der Waals surface area (Å²) in [5.41, 5.74) is 2.42. The van der Waals surface area contributed by atoms with E-state index in [0.717, 1.165) is 29.5 Å². The number of likely N-dealkylation sites (N-methyl/N-ethyl adjacent to an activating group) is 1. The second-order valence-corrected chi connectivity index (χ2v) is 6.78. The summed E-state index contributed by atoms with van der Waals surface area (Å²) in [6.45, 7) is 3.96. The number of hydrogen-bond donors (Lipinski definition) is 1. The lowest BCUT2D eigenvalue weighted by Gasteiger charge is -2.18. The first-order chi connectivity index (χ1) is 10.1. The van der Waals surface area contributed by atoms with Gasteiger partial charge in [-0.25, -0.2) is 4.39 Å². The summed E-state index contributed by atoms with van der Waals surface area (Å²) in [4.78, 5) is 0. The van der Waals surface area contributed by atoms with Crippen molar-refractivity contribution in [2.24, 2.45) is 0 Å². The SMILES string of the molecule is CCNCC(Cc1ccc(F)c(Br)c1)c1ccc(Br)cc1. The summed E-state index contributed by atoms with van der Waals surface area (Å²) in [7, 11) is 0. The molecule has 0 aromatic heterocycles. The minimum atomic E-state index is -0.217. The van der Waals surface area contributed by atoms with Gasteiger partial charge in [0.05, 0.1) is 4.47 Å². The van der Waals surface area contributed by atoms with Gasteiger partial charge in [0.2, 0.25) is 0 Å². The molecule has 1 atom stereocenters. The van der Waals surface area contributed by atoms with E-state index in [-0.39, 0.29) is 5.82 Å². The average molecular weight is 415 g/mol. The van der Waals surface area contributed by atoms with Crippen LogP contribution in [0.5, 0.6) is 0 Å². The zero-order valence-corrected chi connectivity index (χ0v) is 15.0. The molecule has 0 aliphatic rings. The molecule has 1 nitrogen and oxygen atoms in total. The van der Waals surface area contributed by atoms with Gasteiger partial charge in [0.1, 0.15) is 5.82 Å². The third-order valence-corrected chi connectivity index (χ3v) is 4.58. The Balaban J connectivity index is 2.19. The Morgan fingerprint density at radius 1 is 1.10 bits per heavy atom. The van der Waals surface area contributed by atoms with Crippen LogP contribution in [0.1, 0.15) is 24.0 Å². The predicted octanol–water partition coefficient (Wildman–Crippen LogP) is 5.29. The van der Waals surface area contributed by atoms with Crippen LogP contribution in [0.3, 0.4) is 0 Å². The number of nitrogens with one attached hydrogen (secondary N) is 1. The van der Waals surface area contributed by atoms with Crippen molar-refractivity contribution < 1.29 is 4.39 Å². The summed E-state index contributed by atoms with van der Waals surface area (Å²) in [6.07, 6.45) is 0.882. The highest BCUT2D eigenvalue weighted by Gasteiger charge is 2.13. The first-order valence-corrected chi connectivity index (χ1v) is 8.59. The van der Waals surface area contributed by atoms with Crippen molar-refractivity contribution in [3.8, 4) is 0 Å². The van der Waals surface area contributed by atoms with Crippen LogP contribution in [0.2, 0.25) is 0 Å². The number of benzene rings is 2. The van der Waals surface area contributed by atoms with Crippen molar-refractivity contribution in [2.45, 2.75) is 19.3 Å². The Bertz CT molecular complexity index is 584. The summed E-state index contributed by atoms with van der Waals surface area (Å²) in [5.74, 6) is 0.154. The van der Waals surface area contributed by atoms with E-state index >= 15 is 0 Å². The van der Waals surface area contributed by atoms with E-state index in [0.29, 0.717) is 10.4 Å². The first-order valence-electron chi connectivity index (χ1n) is 7.00. The van der Waals surface area contributed by atoms with Crippen molar-refractivity contribution >= 4 is 31.9 Å². The first kappa shape index (κ1) is 16.7. The van der Waals surface area contributed by atoms with Gasteiger partial charge in [0.25, 0.3) is 0 Å². The van der Waals surface area contributed by atoms with Crippen molar-refractivity contribution in [3.05, 3.63) is 68.4 Å². The monoisotopic (exact) mass is 413 g/mol. The third kappa shape index (κ3) is 4.90. The Hall–Kier alpha value is -0.710. The highest BCUT2D eigenvalue weighted by molar-refractivity contribution is 9.10. The maximum absolute atomic E-state index is 13.3. The molecule has 0 amide bonds. The minimum Gasteiger partial charge on any atom is -0.316 e. The van der Waals surface area contributed by atoms with E-state index in [2.05, 4.69) is 68.4 Å². The van der Waals surface area contributed by atoms with Gasteiger partial charge >= 0.3 is 0 Å². The smallest absolute Gasteiger partial charge is 0.137 e. The molecule has 0 bridgehead atoms. The van der Waals surface area contributed by atoms with Gasteiger partial charge < -0.3 is 5.32 Å². The fourth-order valence-electron chi connectivity index (χ4n) is 2.31. The second kappa shape index (κ2) is 8.06. The lowest BCUT2D eigenvalue weighted by molar-refractivity contribution is 0.591. The fourth-order valence-corrected chi connectivity index (χ4v) is 3.00. The van der Waals surface area contributed by atoms with Crippen LogP contribution in [-0.4, -0.2) is 13.1 Å². The van der Waals surface area contributed by atoms with Crippen LogP contribution in [0, 0.1) is 5.82 Å². The van der Waals surface area contributed by atoms with Crippen LogP contribution >= 0.6 is 31.9 Å². The van der Waals surface area contributed by atoms with Gasteiger partial charge in [-0.05, 0) is 64.3 Å². The topological polar surface area (TPSA) is 12.0 Å². The van der Waals surface area contributed by atoms with Crippen molar-refractivity contribution in [3.63, 3.8) is 0 Å². The Morgan fingerprint density at radius 3 is 2.43 bits per heavy atom.